The molecule has 0 aliphatic rings. The Labute approximate surface area is 129 Å². The maximum atomic E-state index is 5.82. The first-order valence-corrected chi connectivity index (χ1v) is 7.88. The monoisotopic (exact) mass is 296 g/mol. The summed E-state index contributed by atoms with van der Waals surface area (Å²) in [6.45, 7) is 12.1. The largest absolute Gasteiger partial charge is 0.493 e. The van der Waals surface area contributed by atoms with Gasteiger partial charge < -0.3 is 4.74 Å². The predicted molar refractivity (Wildman–Crippen MR) is 87.0 cm³/mol. The summed E-state index contributed by atoms with van der Waals surface area (Å²) in [6, 6.07) is 0.0614. The van der Waals surface area contributed by atoms with Crippen molar-refractivity contribution in [1.29, 1.82) is 0 Å². The Hall–Kier alpha value is -1.07. The van der Waals surface area contributed by atoms with Gasteiger partial charge in [-0.15, -0.1) is 0 Å². The molecule has 21 heavy (non-hydrogen) atoms. The number of hydrogen-bond acceptors (Lipinski definition) is 4. The van der Waals surface area contributed by atoms with E-state index in [2.05, 4.69) is 45.1 Å². The molecule has 2 atom stereocenters. The SMILES string of the molecule is CCCn1ncc(OC)c1C(CC(C)CC(C)(C)C)NN. The van der Waals surface area contributed by atoms with Crippen LogP contribution >= 0.6 is 0 Å². The van der Waals surface area contributed by atoms with E-state index in [4.69, 9.17) is 10.6 Å². The average Bonchev–Trinajstić information content (AvgIpc) is 2.77. The second-order valence-corrected chi connectivity index (χ2v) is 7.15. The lowest BCUT2D eigenvalue weighted by molar-refractivity contribution is 0.269. The lowest BCUT2D eigenvalue weighted by Crippen LogP contribution is -2.32. The lowest BCUT2D eigenvalue weighted by atomic mass is 9.82. The maximum Gasteiger partial charge on any atom is 0.161 e. The smallest absolute Gasteiger partial charge is 0.161 e. The molecule has 0 radical (unpaired) electrons. The molecule has 122 valence electrons. The van der Waals surface area contributed by atoms with Crippen LogP contribution in [-0.4, -0.2) is 16.9 Å². The van der Waals surface area contributed by atoms with E-state index in [0.29, 0.717) is 11.3 Å². The summed E-state index contributed by atoms with van der Waals surface area (Å²) in [6.07, 6.45) is 4.95. The van der Waals surface area contributed by atoms with Crippen LogP contribution in [0.3, 0.4) is 0 Å². The Balaban J connectivity index is 2.91. The van der Waals surface area contributed by atoms with Crippen LogP contribution in [0.25, 0.3) is 0 Å². The maximum absolute atomic E-state index is 5.82. The molecule has 0 aliphatic heterocycles. The van der Waals surface area contributed by atoms with Crippen molar-refractivity contribution in [3.05, 3.63) is 11.9 Å². The van der Waals surface area contributed by atoms with E-state index in [-0.39, 0.29) is 6.04 Å². The Bertz CT molecular complexity index is 422. The first-order valence-electron chi connectivity index (χ1n) is 7.88. The standard InChI is InChI=1S/C16H32N4O/c1-7-8-20-15(14(21-6)11-18-20)13(19-17)9-12(2)10-16(3,4)5/h11-13,19H,7-10,17H2,1-6H3. The minimum absolute atomic E-state index is 0.0614. The molecule has 0 aromatic carbocycles. The zero-order chi connectivity index (χ0) is 16.0. The van der Waals surface area contributed by atoms with E-state index in [1.807, 2.05) is 4.68 Å². The molecule has 0 saturated carbocycles. The van der Waals surface area contributed by atoms with Crippen molar-refractivity contribution in [1.82, 2.24) is 15.2 Å². The molecule has 0 saturated heterocycles. The number of aryl methyl sites for hydroxylation is 1. The first-order chi connectivity index (χ1) is 9.82. The van der Waals surface area contributed by atoms with E-state index in [1.54, 1.807) is 13.3 Å². The molecular formula is C16H32N4O. The van der Waals surface area contributed by atoms with Crippen molar-refractivity contribution < 1.29 is 4.74 Å². The van der Waals surface area contributed by atoms with Gasteiger partial charge in [0, 0.05) is 6.54 Å². The van der Waals surface area contributed by atoms with Gasteiger partial charge in [0.05, 0.1) is 25.0 Å². The molecule has 1 rings (SSSR count). The molecule has 1 aromatic heterocycles. The quantitative estimate of drug-likeness (QED) is 0.571. The molecule has 1 aromatic rings. The van der Waals surface area contributed by atoms with E-state index >= 15 is 0 Å². The van der Waals surface area contributed by atoms with Crippen LogP contribution in [0.1, 0.15) is 65.6 Å². The second-order valence-electron chi connectivity index (χ2n) is 7.15. The van der Waals surface area contributed by atoms with Crippen LogP contribution < -0.4 is 16.0 Å². The van der Waals surface area contributed by atoms with Gasteiger partial charge in [0.15, 0.2) is 5.75 Å². The highest BCUT2D eigenvalue weighted by atomic mass is 16.5. The van der Waals surface area contributed by atoms with Crippen LogP contribution in [0.4, 0.5) is 0 Å². The highest BCUT2D eigenvalue weighted by Gasteiger charge is 2.25. The third-order valence-electron chi connectivity index (χ3n) is 3.63. The summed E-state index contributed by atoms with van der Waals surface area (Å²) in [5.74, 6) is 7.20. The highest BCUT2D eigenvalue weighted by Crippen LogP contribution is 2.33. The molecule has 0 fully saturated rings. The number of nitrogens with zero attached hydrogens (tertiary/aromatic N) is 2. The van der Waals surface area contributed by atoms with E-state index in [9.17, 15) is 0 Å². The third kappa shape index (κ3) is 5.32. The van der Waals surface area contributed by atoms with Crippen LogP contribution in [0.5, 0.6) is 5.75 Å². The number of nitrogens with two attached hydrogens (primary N) is 1. The molecule has 0 spiro atoms. The van der Waals surface area contributed by atoms with Crippen molar-refractivity contribution in [2.45, 2.75) is 66.5 Å². The molecule has 0 amide bonds. The van der Waals surface area contributed by atoms with Crippen molar-refractivity contribution in [3.63, 3.8) is 0 Å². The highest BCUT2D eigenvalue weighted by molar-refractivity contribution is 5.28. The number of hydrogen-bond donors (Lipinski definition) is 2. The summed E-state index contributed by atoms with van der Waals surface area (Å²) < 4.78 is 7.47. The van der Waals surface area contributed by atoms with Gasteiger partial charge in [-0.3, -0.25) is 16.0 Å². The summed E-state index contributed by atoms with van der Waals surface area (Å²) >= 11 is 0. The summed E-state index contributed by atoms with van der Waals surface area (Å²) in [4.78, 5) is 0. The van der Waals surface area contributed by atoms with Crippen molar-refractivity contribution >= 4 is 0 Å². The summed E-state index contributed by atoms with van der Waals surface area (Å²) in [5, 5.41) is 4.42. The van der Waals surface area contributed by atoms with E-state index in [1.165, 1.54) is 0 Å². The topological polar surface area (TPSA) is 65.1 Å². The van der Waals surface area contributed by atoms with Crippen LogP contribution in [-0.2, 0) is 6.54 Å². The van der Waals surface area contributed by atoms with Gasteiger partial charge in [-0.2, -0.15) is 5.10 Å². The second kappa shape index (κ2) is 7.80. The molecule has 5 nitrogen and oxygen atoms in total. The number of methoxy groups -OCH3 is 1. The van der Waals surface area contributed by atoms with Gasteiger partial charge in [-0.1, -0.05) is 34.6 Å². The number of rotatable bonds is 8. The minimum Gasteiger partial charge on any atom is -0.493 e. The van der Waals surface area contributed by atoms with E-state index < -0.39 is 0 Å². The molecule has 5 heteroatoms. The minimum atomic E-state index is 0.0614. The lowest BCUT2D eigenvalue weighted by Gasteiger charge is -2.27. The Kier molecular flexibility index (Phi) is 6.68. The number of aromatic nitrogens is 2. The summed E-state index contributed by atoms with van der Waals surface area (Å²) in [5.41, 5.74) is 4.34. The van der Waals surface area contributed by atoms with Gasteiger partial charge >= 0.3 is 0 Å². The first kappa shape index (κ1) is 18.0. The van der Waals surface area contributed by atoms with Crippen molar-refractivity contribution in [3.8, 4) is 5.75 Å². The van der Waals surface area contributed by atoms with Crippen molar-refractivity contribution in [2.75, 3.05) is 7.11 Å². The normalized spacial score (nSPS) is 15.0. The van der Waals surface area contributed by atoms with Gasteiger partial charge in [-0.25, -0.2) is 0 Å². The zero-order valence-corrected chi connectivity index (χ0v) is 14.4. The number of hydrazine groups is 1. The number of nitrogens with one attached hydrogen (secondary N) is 1. The molecule has 0 aliphatic carbocycles. The zero-order valence-electron chi connectivity index (χ0n) is 14.4. The molecule has 1 heterocycles. The van der Waals surface area contributed by atoms with Gasteiger partial charge in [-0.05, 0) is 30.6 Å². The fourth-order valence-corrected chi connectivity index (χ4v) is 3.07. The Morgan fingerprint density at radius 2 is 2.10 bits per heavy atom. The summed E-state index contributed by atoms with van der Waals surface area (Å²) in [7, 11) is 1.68. The number of ether oxygens (including phenoxy) is 1. The van der Waals surface area contributed by atoms with Crippen LogP contribution in [0.2, 0.25) is 0 Å². The van der Waals surface area contributed by atoms with Gasteiger partial charge in [0.2, 0.25) is 0 Å². The van der Waals surface area contributed by atoms with Crippen LogP contribution in [0.15, 0.2) is 6.20 Å². The van der Waals surface area contributed by atoms with Gasteiger partial charge in [0.1, 0.15) is 0 Å². The molecule has 3 N–H and O–H groups in total. The molecule has 0 bridgehead atoms. The molecule has 2 unspecified atom stereocenters. The Morgan fingerprint density at radius 3 is 2.57 bits per heavy atom. The van der Waals surface area contributed by atoms with Gasteiger partial charge in [0.25, 0.3) is 0 Å². The Morgan fingerprint density at radius 1 is 1.43 bits per heavy atom. The van der Waals surface area contributed by atoms with Crippen LogP contribution in [0, 0.1) is 11.3 Å². The fraction of sp³-hybridized carbons (Fsp3) is 0.812. The van der Waals surface area contributed by atoms with E-state index in [0.717, 1.165) is 37.3 Å². The van der Waals surface area contributed by atoms with Crippen molar-refractivity contribution in [2.24, 2.45) is 17.2 Å². The molecular weight excluding hydrogens is 264 g/mol. The average molecular weight is 296 g/mol. The fourth-order valence-electron chi connectivity index (χ4n) is 3.07. The predicted octanol–water partition coefficient (Wildman–Crippen LogP) is 3.27. The third-order valence-corrected chi connectivity index (χ3v) is 3.63.